The molecule has 2 N–H and O–H groups in total. The number of ether oxygens (including phenoxy) is 1. The van der Waals surface area contributed by atoms with E-state index in [1.54, 1.807) is 18.4 Å². The molecule has 0 aliphatic heterocycles. The van der Waals surface area contributed by atoms with Gasteiger partial charge in [-0.1, -0.05) is 19.9 Å². The fraction of sp³-hybridized carbons (Fsp3) is 0.706. The van der Waals surface area contributed by atoms with E-state index in [1.165, 1.54) is 4.88 Å². The summed E-state index contributed by atoms with van der Waals surface area (Å²) < 4.78 is 5.61. The summed E-state index contributed by atoms with van der Waals surface area (Å²) in [6.07, 6.45) is 1.11. The highest BCUT2D eigenvalue weighted by Crippen LogP contribution is 2.22. The third-order valence-corrected chi connectivity index (χ3v) is 4.53. The summed E-state index contributed by atoms with van der Waals surface area (Å²) in [7, 11) is 6.00. The number of hydrogen-bond donors (Lipinski definition) is 2. The number of aliphatic imine (C=N–C) groups is 1. The molecule has 0 fully saturated rings. The number of guanidine groups is 1. The first-order chi connectivity index (χ1) is 11.0. The van der Waals surface area contributed by atoms with Gasteiger partial charge in [0.15, 0.2) is 5.96 Å². The van der Waals surface area contributed by atoms with Crippen molar-refractivity contribution in [2.75, 3.05) is 47.4 Å². The molecule has 1 aromatic heterocycles. The zero-order chi connectivity index (χ0) is 17.1. The molecule has 23 heavy (non-hydrogen) atoms. The van der Waals surface area contributed by atoms with E-state index in [0.717, 1.165) is 32.1 Å². The van der Waals surface area contributed by atoms with Crippen LogP contribution < -0.4 is 10.6 Å². The molecule has 0 aromatic carbocycles. The molecule has 0 aliphatic rings. The smallest absolute Gasteiger partial charge is 0.191 e. The first-order valence-electron chi connectivity index (χ1n) is 8.26. The quantitative estimate of drug-likeness (QED) is 0.390. The molecule has 0 saturated carbocycles. The summed E-state index contributed by atoms with van der Waals surface area (Å²) in [5.74, 6) is 1.51. The van der Waals surface area contributed by atoms with Gasteiger partial charge in [-0.2, -0.15) is 0 Å². The van der Waals surface area contributed by atoms with Crippen LogP contribution in [0.3, 0.4) is 0 Å². The summed E-state index contributed by atoms with van der Waals surface area (Å²) in [5, 5.41) is 8.81. The van der Waals surface area contributed by atoms with E-state index in [0.29, 0.717) is 18.6 Å². The zero-order valence-corrected chi connectivity index (χ0v) is 15.9. The summed E-state index contributed by atoms with van der Waals surface area (Å²) >= 11 is 1.79. The van der Waals surface area contributed by atoms with Gasteiger partial charge in [0.05, 0.1) is 12.6 Å². The van der Waals surface area contributed by atoms with Gasteiger partial charge < -0.3 is 20.3 Å². The number of likely N-dealkylation sites (N-methyl/N-ethyl adjacent to an activating group) is 1. The molecule has 1 unspecified atom stereocenters. The predicted molar refractivity (Wildman–Crippen MR) is 100 cm³/mol. The minimum absolute atomic E-state index is 0.343. The average Bonchev–Trinajstić information content (AvgIpc) is 3.02. The van der Waals surface area contributed by atoms with E-state index in [4.69, 9.17) is 4.74 Å². The van der Waals surface area contributed by atoms with Crippen LogP contribution in [-0.2, 0) is 4.74 Å². The summed E-state index contributed by atoms with van der Waals surface area (Å²) in [6, 6.07) is 4.62. The maximum absolute atomic E-state index is 5.61. The minimum Gasteiger partial charge on any atom is -0.380 e. The van der Waals surface area contributed by atoms with E-state index >= 15 is 0 Å². The van der Waals surface area contributed by atoms with Crippen molar-refractivity contribution in [3.8, 4) is 0 Å². The molecular formula is C17H32N4OS. The van der Waals surface area contributed by atoms with E-state index < -0.39 is 0 Å². The molecule has 1 heterocycles. The molecule has 1 atom stereocenters. The molecule has 0 aliphatic carbocycles. The van der Waals surface area contributed by atoms with Crippen LogP contribution in [0, 0.1) is 5.92 Å². The highest BCUT2D eigenvalue weighted by atomic mass is 32.1. The SMILES string of the molecule is CN=C(NCCOCCC(C)C)NCC(c1cccs1)N(C)C. The molecule has 6 heteroatoms. The standard InChI is InChI=1S/C17H32N4OS/c1-14(2)8-10-22-11-9-19-17(18-3)20-13-15(21(4)5)16-7-6-12-23-16/h6-7,12,14-15H,8-11,13H2,1-5H3,(H2,18,19,20). The Hall–Kier alpha value is -1.11. The molecule has 0 spiro atoms. The lowest BCUT2D eigenvalue weighted by atomic mass is 10.1. The first-order valence-corrected chi connectivity index (χ1v) is 9.14. The highest BCUT2D eigenvalue weighted by Gasteiger charge is 2.15. The Morgan fingerprint density at radius 2 is 2.09 bits per heavy atom. The second-order valence-corrected chi connectivity index (χ2v) is 7.15. The van der Waals surface area contributed by atoms with Crippen LogP contribution in [0.1, 0.15) is 31.2 Å². The van der Waals surface area contributed by atoms with Crippen molar-refractivity contribution in [1.82, 2.24) is 15.5 Å². The lowest BCUT2D eigenvalue weighted by molar-refractivity contribution is 0.128. The predicted octanol–water partition coefficient (Wildman–Crippen LogP) is 2.58. The fourth-order valence-electron chi connectivity index (χ4n) is 2.10. The molecule has 132 valence electrons. The van der Waals surface area contributed by atoms with Crippen LogP contribution in [0.4, 0.5) is 0 Å². The summed E-state index contributed by atoms with van der Waals surface area (Å²) in [4.78, 5) is 7.85. The molecule has 0 saturated heterocycles. The monoisotopic (exact) mass is 340 g/mol. The van der Waals surface area contributed by atoms with Crippen molar-refractivity contribution in [2.45, 2.75) is 26.3 Å². The Balaban J connectivity index is 2.27. The molecule has 1 aromatic rings. The highest BCUT2D eigenvalue weighted by molar-refractivity contribution is 7.10. The Bertz CT molecular complexity index is 432. The van der Waals surface area contributed by atoms with Gasteiger partial charge in [0, 0.05) is 31.6 Å². The van der Waals surface area contributed by atoms with Crippen molar-refractivity contribution < 1.29 is 4.74 Å². The van der Waals surface area contributed by atoms with Gasteiger partial charge in [-0.05, 0) is 37.9 Å². The lowest BCUT2D eigenvalue weighted by Gasteiger charge is -2.24. The number of nitrogens with zero attached hydrogens (tertiary/aromatic N) is 2. The van der Waals surface area contributed by atoms with Crippen molar-refractivity contribution in [2.24, 2.45) is 10.9 Å². The largest absolute Gasteiger partial charge is 0.380 e. The van der Waals surface area contributed by atoms with Gasteiger partial charge in [0.1, 0.15) is 0 Å². The third-order valence-electron chi connectivity index (χ3n) is 3.56. The zero-order valence-electron chi connectivity index (χ0n) is 15.1. The first kappa shape index (κ1) is 19.9. The van der Waals surface area contributed by atoms with Crippen LogP contribution in [0.2, 0.25) is 0 Å². The third kappa shape index (κ3) is 8.34. The Kier molecular flexibility index (Phi) is 9.91. The Morgan fingerprint density at radius 3 is 2.65 bits per heavy atom. The molecule has 0 radical (unpaired) electrons. The minimum atomic E-state index is 0.343. The van der Waals surface area contributed by atoms with Gasteiger partial charge >= 0.3 is 0 Å². The van der Waals surface area contributed by atoms with Crippen LogP contribution in [0.15, 0.2) is 22.5 Å². The molecule has 0 amide bonds. The van der Waals surface area contributed by atoms with Crippen LogP contribution >= 0.6 is 11.3 Å². The van der Waals surface area contributed by atoms with E-state index in [9.17, 15) is 0 Å². The van der Waals surface area contributed by atoms with Gasteiger partial charge in [0.2, 0.25) is 0 Å². The number of hydrogen-bond acceptors (Lipinski definition) is 4. The van der Waals surface area contributed by atoms with Gasteiger partial charge in [-0.3, -0.25) is 4.99 Å². The van der Waals surface area contributed by atoms with Crippen molar-refractivity contribution in [3.05, 3.63) is 22.4 Å². The average molecular weight is 341 g/mol. The second-order valence-electron chi connectivity index (χ2n) is 6.17. The topological polar surface area (TPSA) is 48.9 Å². The van der Waals surface area contributed by atoms with E-state index in [1.807, 2.05) is 0 Å². The van der Waals surface area contributed by atoms with Crippen LogP contribution in [-0.4, -0.2) is 58.3 Å². The number of nitrogens with one attached hydrogen (secondary N) is 2. The molecule has 1 rings (SSSR count). The normalized spacial score (nSPS) is 13.6. The number of rotatable bonds is 10. The maximum Gasteiger partial charge on any atom is 0.191 e. The van der Waals surface area contributed by atoms with Gasteiger partial charge in [-0.15, -0.1) is 11.3 Å². The van der Waals surface area contributed by atoms with Crippen molar-refractivity contribution in [1.29, 1.82) is 0 Å². The van der Waals surface area contributed by atoms with Crippen LogP contribution in [0.25, 0.3) is 0 Å². The fourth-order valence-corrected chi connectivity index (χ4v) is 3.02. The molecular weight excluding hydrogens is 308 g/mol. The summed E-state index contributed by atoms with van der Waals surface area (Å²) in [5.41, 5.74) is 0. The van der Waals surface area contributed by atoms with Crippen molar-refractivity contribution in [3.63, 3.8) is 0 Å². The summed E-state index contributed by atoms with van der Waals surface area (Å²) in [6.45, 7) is 7.54. The molecule has 0 bridgehead atoms. The second kappa shape index (κ2) is 11.4. The maximum atomic E-state index is 5.61. The van der Waals surface area contributed by atoms with E-state index in [2.05, 4.69) is 66.0 Å². The van der Waals surface area contributed by atoms with Gasteiger partial charge in [0.25, 0.3) is 0 Å². The molecule has 5 nitrogen and oxygen atoms in total. The Labute approximate surface area is 145 Å². The van der Waals surface area contributed by atoms with Crippen molar-refractivity contribution >= 4 is 17.3 Å². The number of thiophene rings is 1. The van der Waals surface area contributed by atoms with E-state index in [-0.39, 0.29) is 0 Å². The van der Waals surface area contributed by atoms with Crippen LogP contribution in [0.5, 0.6) is 0 Å². The Morgan fingerprint density at radius 1 is 1.30 bits per heavy atom. The van der Waals surface area contributed by atoms with Gasteiger partial charge in [-0.25, -0.2) is 0 Å². The lowest BCUT2D eigenvalue weighted by Crippen LogP contribution is -2.42.